The topological polar surface area (TPSA) is 38.3 Å². The molecule has 0 atom stereocenters. The molecule has 3 heteroatoms. The summed E-state index contributed by atoms with van der Waals surface area (Å²) in [5.74, 6) is -0.0611. The molecule has 0 unspecified atom stereocenters. The molecule has 0 spiro atoms. The fraction of sp³-hybridized carbons (Fsp3) is 0.167. The minimum absolute atomic E-state index is 0.0611. The molecule has 0 aliphatic carbocycles. The van der Waals surface area contributed by atoms with E-state index >= 15 is 0 Å². The number of amides is 1. The second-order valence-electron chi connectivity index (χ2n) is 4.94. The summed E-state index contributed by atoms with van der Waals surface area (Å²) in [5, 5.41) is 7.22. The van der Waals surface area contributed by atoms with Gasteiger partial charge in [-0.05, 0) is 27.6 Å². The molecule has 3 aromatic rings. The third-order valence-electron chi connectivity index (χ3n) is 3.60. The highest BCUT2D eigenvalue weighted by molar-refractivity contribution is 6.17. The quantitative estimate of drug-likeness (QED) is 0.587. The Hall–Kier alpha value is -2.39. The Kier molecular flexibility index (Phi) is 3.84. The SMILES string of the molecule is COCCNC(=O)c1cc2ccccc2c2ccccc12. The number of rotatable bonds is 4. The average Bonchev–Trinajstić information content (AvgIpc) is 2.54. The minimum Gasteiger partial charge on any atom is -0.383 e. The van der Waals surface area contributed by atoms with E-state index in [1.165, 1.54) is 5.39 Å². The number of methoxy groups -OCH3 is 1. The second kappa shape index (κ2) is 5.94. The van der Waals surface area contributed by atoms with Crippen LogP contribution in [0.5, 0.6) is 0 Å². The van der Waals surface area contributed by atoms with E-state index < -0.39 is 0 Å². The molecule has 0 saturated heterocycles. The van der Waals surface area contributed by atoms with Gasteiger partial charge in [-0.3, -0.25) is 4.79 Å². The second-order valence-corrected chi connectivity index (χ2v) is 4.94. The lowest BCUT2D eigenvalue weighted by molar-refractivity contribution is 0.0939. The lowest BCUT2D eigenvalue weighted by Gasteiger charge is -2.11. The molecular formula is C18H17NO2. The molecule has 1 N–H and O–H groups in total. The van der Waals surface area contributed by atoms with E-state index in [2.05, 4.69) is 17.4 Å². The van der Waals surface area contributed by atoms with Crippen molar-refractivity contribution in [3.05, 3.63) is 60.2 Å². The Morgan fingerprint density at radius 1 is 1.00 bits per heavy atom. The van der Waals surface area contributed by atoms with Crippen LogP contribution in [-0.2, 0) is 4.74 Å². The Labute approximate surface area is 123 Å². The van der Waals surface area contributed by atoms with Crippen LogP contribution in [0.15, 0.2) is 54.6 Å². The van der Waals surface area contributed by atoms with Crippen molar-refractivity contribution < 1.29 is 9.53 Å². The van der Waals surface area contributed by atoms with Gasteiger partial charge in [0.25, 0.3) is 5.91 Å². The molecular weight excluding hydrogens is 262 g/mol. The largest absolute Gasteiger partial charge is 0.383 e. The van der Waals surface area contributed by atoms with Gasteiger partial charge in [0.15, 0.2) is 0 Å². The van der Waals surface area contributed by atoms with Crippen LogP contribution >= 0.6 is 0 Å². The van der Waals surface area contributed by atoms with Crippen molar-refractivity contribution in [2.24, 2.45) is 0 Å². The van der Waals surface area contributed by atoms with Gasteiger partial charge in [-0.1, -0.05) is 48.5 Å². The molecule has 0 heterocycles. The zero-order chi connectivity index (χ0) is 14.7. The fourth-order valence-corrected chi connectivity index (χ4v) is 2.60. The summed E-state index contributed by atoms with van der Waals surface area (Å²) in [4.78, 5) is 12.4. The Morgan fingerprint density at radius 3 is 2.43 bits per heavy atom. The lowest BCUT2D eigenvalue weighted by atomic mass is 9.97. The molecule has 1 amide bonds. The third kappa shape index (κ3) is 2.60. The van der Waals surface area contributed by atoms with Crippen molar-refractivity contribution in [1.29, 1.82) is 0 Å². The predicted molar refractivity (Wildman–Crippen MR) is 85.7 cm³/mol. The summed E-state index contributed by atoms with van der Waals surface area (Å²) in [6.07, 6.45) is 0. The van der Waals surface area contributed by atoms with Crippen LogP contribution in [0.3, 0.4) is 0 Å². The van der Waals surface area contributed by atoms with E-state index in [0.29, 0.717) is 18.7 Å². The van der Waals surface area contributed by atoms with E-state index in [-0.39, 0.29) is 5.91 Å². The van der Waals surface area contributed by atoms with Gasteiger partial charge in [-0.2, -0.15) is 0 Å². The molecule has 0 fully saturated rings. The molecule has 0 radical (unpaired) electrons. The van der Waals surface area contributed by atoms with Crippen molar-refractivity contribution in [3.8, 4) is 0 Å². The van der Waals surface area contributed by atoms with Gasteiger partial charge in [0.2, 0.25) is 0 Å². The van der Waals surface area contributed by atoms with Crippen LogP contribution in [0.1, 0.15) is 10.4 Å². The molecule has 0 aliphatic heterocycles. The number of fused-ring (bicyclic) bond motifs is 3. The van der Waals surface area contributed by atoms with Crippen molar-refractivity contribution >= 4 is 27.5 Å². The first-order valence-electron chi connectivity index (χ1n) is 6.99. The first-order chi connectivity index (χ1) is 10.3. The number of benzene rings is 3. The van der Waals surface area contributed by atoms with Crippen LogP contribution in [0.4, 0.5) is 0 Å². The smallest absolute Gasteiger partial charge is 0.252 e. The number of ether oxygens (including phenoxy) is 1. The number of nitrogens with one attached hydrogen (secondary N) is 1. The molecule has 106 valence electrons. The first-order valence-corrected chi connectivity index (χ1v) is 6.99. The normalized spacial score (nSPS) is 10.9. The number of carbonyl (C=O) groups is 1. The van der Waals surface area contributed by atoms with Crippen molar-refractivity contribution in [3.63, 3.8) is 0 Å². The van der Waals surface area contributed by atoms with E-state index in [9.17, 15) is 4.79 Å². The van der Waals surface area contributed by atoms with E-state index in [1.807, 2.05) is 42.5 Å². The van der Waals surface area contributed by atoms with Crippen LogP contribution in [0, 0.1) is 0 Å². The molecule has 3 aromatic carbocycles. The van der Waals surface area contributed by atoms with E-state index in [4.69, 9.17) is 4.74 Å². The highest BCUT2D eigenvalue weighted by Gasteiger charge is 2.12. The highest BCUT2D eigenvalue weighted by atomic mass is 16.5. The Balaban J connectivity index is 2.14. The number of hydrogen-bond acceptors (Lipinski definition) is 2. The van der Waals surface area contributed by atoms with Crippen LogP contribution in [-0.4, -0.2) is 26.2 Å². The number of hydrogen-bond donors (Lipinski definition) is 1. The van der Waals surface area contributed by atoms with Gasteiger partial charge in [0, 0.05) is 19.2 Å². The summed E-state index contributed by atoms with van der Waals surface area (Å²) in [7, 11) is 1.62. The summed E-state index contributed by atoms with van der Waals surface area (Å²) in [6, 6.07) is 18.1. The third-order valence-corrected chi connectivity index (χ3v) is 3.60. The number of carbonyl (C=O) groups excluding carboxylic acids is 1. The molecule has 3 nitrogen and oxygen atoms in total. The van der Waals surface area contributed by atoms with Gasteiger partial charge in [0.05, 0.1) is 6.61 Å². The lowest BCUT2D eigenvalue weighted by Crippen LogP contribution is -2.27. The van der Waals surface area contributed by atoms with Crippen molar-refractivity contribution in [2.75, 3.05) is 20.3 Å². The summed E-state index contributed by atoms with van der Waals surface area (Å²) < 4.78 is 4.97. The predicted octanol–water partition coefficient (Wildman–Crippen LogP) is 3.37. The summed E-state index contributed by atoms with van der Waals surface area (Å²) in [5.41, 5.74) is 0.709. The molecule has 0 saturated carbocycles. The molecule has 3 rings (SSSR count). The first kappa shape index (κ1) is 13.6. The average molecular weight is 279 g/mol. The zero-order valence-corrected chi connectivity index (χ0v) is 11.9. The highest BCUT2D eigenvalue weighted by Crippen LogP contribution is 2.28. The molecule has 0 aliphatic rings. The maximum atomic E-state index is 12.4. The molecule has 0 aromatic heterocycles. The van der Waals surface area contributed by atoms with Crippen molar-refractivity contribution in [2.45, 2.75) is 0 Å². The molecule has 0 bridgehead atoms. The Morgan fingerprint density at radius 2 is 1.67 bits per heavy atom. The van der Waals surface area contributed by atoms with Gasteiger partial charge in [-0.25, -0.2) is 0 Å². The van der Waals surface area contributed by atoms with Gasteiger partial charge >= 0.3 is 0 Å². The maximum Gasteiger partial charge on any atom is 0.252 e. The van der Waals surface area contributed by atoms with Gasteiger partial charge < -0.3 is 10.1 Å². The maximum absolute atomic E-state index is 12.4. The summed E-state index contributed by atoms with van der Waals surface area (Å²) in [6.45, 7) is 1.02. The van der Waals surface area contributed by atoms with Crippen LogP contribution in [0.2, 0.25) is 0 Å². The van der Waals surface area contributed by atoms with Gasteiger partial charge in [-0.15, -0.1) is 0 Å². The standard InChI is InChI=1S/C18H17NO2/c1-21-11-10-19-18(20)17-12-13-6-2-3-7-14(13)15-8-4-5-9-16(15)17/h2-9,12H,10-11H2,1H3,(H,19,20). The van der Waals surface area contributed by atoms with Crippen molar-refractivity contribution in [1.82, 2.24) is 5.32 Å². The molecule has 21 heavy (non-hydrogen) atoms. The zero-order valence-electron chi connectivity index (χ0n) is 11.9. The fourth-order valence-electron chi connectivity index (χ4n) is 2.60. The van der Waals surface area contributed by atoms with Crippen LogP contribution < -0.4 is 5.32 Å². The van der Waals surface area contributed by atoms with Crippen LogP contribution in [0.25, 0.3) is 21.5 Å². The monoisotopic (exact) mass is 279 g/mol. The van der Waals surface area contributed by atoms with Gasteiger partial charge in [0.1, 0.15) is 0 Å². The van der Waals surface area contributed by atoms with E-state index in [0.717, 1.165) is 16.2 Å². The minimum atomic E-state index is -0.0611. The Bertz CT molecular complexity index is 795. The van der Waals surface area contributed by atoms with E-state index in [1.54, 1.807) is 7.11 Å². The summed E-state index contributed by atoms with van der Waals surface area (Å²) >= 11 is 0.